The number of nitrogens with one attached hydrogen (secondary N) is 1. The molecule has 0 bridgehead atoms. The van der Waals surface area contributed by atoms with Gasteiger partial charge in [-0.3, -0.25) is 14.3 Å². The standard InChI is InChI=1S/C28H27N5O3/c1-16-6-5-7-17(2)27(16)36-24-15-31(3)25(34)11-20(24)22-14-32(4)28(35)26-21(22)10-23(30-26)18-12-29-33(13-18)19-8-9-19/h5-7,10-15,19,30H,8-9H2,1-4H3. The molecule has 6 rings (SSSR count). The number of aromatic nitrogens is 5. The van der Waals surface area contributed by atoms with E-state index in [0.29, 0.717) is 22.9 Å². The Kier molecular flexibility index (Phi) is 5.00. The minimum absolute atomic E-state index is 0.143. The molecule has 5 aromatic rings. The molecule has 0 saturated heterocycles. The number of hydrogen-bond acceptors (Lipinski definition) is 4. The van der Waals surface area contributed by atoms with Gasteiger partial charge in [0.2, 0.25) is 0 Å². The first kappa shape index (κ1) is 22.2. The zero-order valence-corrected chi connectivity index (χ0v) is 20.7. The molecule has 1 aliphatic carbocycles. The Morgan fingerprint density at radius 2 is 1.72 bits per heavy atom. The van der Waals surface area contributed by atoms with Crippen LogP contribution in [0.4, 0.5) is 0 Å². The lowest BCUT2D eigenvalue weighted by Crippen LogP contribution is -2.18. The number of hydrogen-bond donors (Lipinski definition) is 1. The molecule has 4 heterocycles. The molecule has 0 radical (unpaired) electrons. The molecular formula is C28H27N5O3. The molecule has 8 heteroatoms. The lowest BCUT2D eigenvalue weighted by molar-refractivity contribution is 0.470. The van der Waals surface area contributed by atoms with Crippen molar-refractivity contribution in [2.45, 2.75) is 32.7 Å². The van der Waals surface area contributed by atoms with Crippen LogP contribution in [0.1, 0.15) is 30.0 Å². The Labute approximate surface area is 207 Å². The normalized spacial score (nSPS) is 13.4. The van der Waals surface area contributed by atoms with E-state index >= 15 is 0 Å². The molecule has 0 unspecified atom stereocenters. The number of benzene rings is 1. The Morgan fingerprint density at radius 3 is 2.44 bits per heavy atom. The Bertz CT molecular complexity index is 1740. The topological polar surface area (TPSA) is 86.8 Å². The number of ether oxygens (including phenoxy) is 1. The van der Waals surface area contributed by atoms with E-state index in [4.69, 9.17) is 4.74 Å². The average Bonchev–Trinajstić information content (AvgIpc) is 3.40. The number of aryl methyl sites for hydroxylation is 4. The smallest absolute Gasteiger partial charge is 0.274 e. The van der Waals surface area contributed by atoms with E-state index in [2.05, 4.69) is 10.1 Å². The van der Waals surface area contributed by atoms with Crippen LogP contribution in [0.2, 0.25) is 0 Å². The first-order valence-corrected chi connectivity index (χ1v) is 12.0. The monoisotopic (exact) mass is 481 g/mol. The van der Waals surface area contributed by atoms with Crippen molar-refractivity contribution in [1.29, 1.82) is 0 Å². The maximum atomic E-state index is 13.1. The fraction of sp³-hybridized carbons (Fsp3) is 0.250. The van der Waals surface area contributed by atoms with E-state index in [1.54, 1.807) is 32.6 Å². The second-order valence-corrected chi connectivity index (χ2v) is 9.69. The van der Waals surface area contributed by atoms with Crippen molar-refractivity contribution in [2.75, 3.05) is 0 Å². The first-order valence-electron chi connectivity index (χ1n) is 12.0. The van der Waals surface area contributed by atoms with E-state index in [9.17, 15) is 9.59 Å². The van der Waals surface area contributed by atoms with E-state index in [1.165, 1.54) is 9.13 Å². The molecule has 0 aliphatic heterocycles. The van der Waals surface area contributed by atoms with E-state index < -0.39 is 0 Å². The van der Waals surface area contributed by atoms with Gasteiger partial charge >= 0.3 is 0 Å². The summed E-state index contributed by atoms with van der Waals surface area (Å²) in [6, 6.07) is 9.98. The van der Waals surface area contributed by atoms with Crippen molar-refractivity contribution in [3.8, 4) is 33.9 Å². The maximum Gasteiger partial charge on any atom is 0.274 e. The predicted octanol–water partition coefficient (Wildman–Crippen LogP) is 4.84. The highest BCUT2D eigenvalue weighted by molar-refractivity contribution is 5.98. The highest BCUT2D eigenvalue weighted by atomic mass is 16.5. The van der Waals surface area contributed by atoms with Crippen LogP contribution in [0.3, 0.4) is 0 Å². The molecule has 182 valence electrons. The van der Waals surface area contributed by atoms with Crippen LogP contribution >= 0.6 is 0 Å². The van der Waals surface area contributed by atoms with E-state index in [0.717, 1.165) is 51.9 Å². The SMILES string of the molecule is Cc1cccc(C)c1Oc1cn(C)c(=O)cc1-c1cn(C)c(=O)c2[nH]c(-c3cnn(C4CC4)c3)cc12. The quantitative estimate of drug-likeness (QED) is 0.389. The van der Waals surface area contributed by atoms with Crippen molar-refractivity contribution in [1.82, 2.24) is 23.9 Å². The highest BCUT2D eigenvalue weighted by Crippen LogP contribution is 2.39. The van der Waals surface area contributed by atoms with Gasteiger partial charge in [-0.1, -0.05) is 18.2 Å². The maximum absolute atomic E-state index is 13.1. The first-order chi connectivity index (χ1) is 17.3. The molecule has 1 fully saturated rings. The Hall–Kier alpha value is -4.33. The fourth-order valence-electron chi connectivity index (χ4n) is 4.69. The Balaban J connectivity index is 1.56. The summed E-state index contributed by atoms with van der Waals surface area (Å²) in [7, 11) is 3.41. The highest BCUT2D eigenvalue weighted by Gasteiger charge is 2.25. The lowest BCUT2D eigenvalue weighted by Gasteiger charge is -2.17. The number of aromatic amines is 1. The minimum atomic E-state index is -0.165. The number of para-hydroxylation sites is 1. The van der Waals surface area contributed by atoms with Crippen molar-refractivity contribution < 1.29 is 4.74 Å². The summed E-state index contributed by atoms with van der Waals surface area (Å²) in [5.74, 6) is 1.29. The van der Waals surface area contributed by atoms with Gasteiger partial charge in [-0.15, -0.1) is 0 Å². The number of fused-ring (bicyclic) bond motifs is 1. The van der Waals surface area contributed by atoms with Crippen LogP contribution in [0, 0.1) is 13.8 Å². The third kappa shape index (κ3) is 3.66. The minimum Gasteiger partial charge on any atom is -0.455 e. The fourth-order valence-corrected chi connectivity index (χ4v) is 4.69. The van der Waals surface area contributed by atoms with Gasteiger partial charge in [0.25, 0.3) is 11.1 Å². The van der Waals surface area contributed by atoms with Gasteiger partial charge in [0.15, 0.2) is 5.75 Å². The second kappa shape index (κ2) is 8.12. The number of nitrogens with zero attached hydrogens (tertiary/aromatic N) is 4. The molecule has 0 spiro atoms. The largest absolute Gasteiger partial charge is 0.455 e. The predicted molar refractivity (Wildman–Crippen MR) is 140 cm³/mol. The molecule has 1 aromatic carbocycles. The van der Waals surface area contributed by atoms with Gasteiger partial charge in [0, 0.05) is 60.3 Å². The summed E-state index contributed by atoms with van der Waals surface area (Å²) in [5, 5.41) is 5.22. The number of rotatable bonds is 5. The van der Waals surface area contributed by atoms with Gasteiger partial charge in [-0.25, -0.2) is 0 Å². The Morgan fingerprint density at radius 1 is 0.972 bits per heavy atom. The number of H-pyrrole nitrogens is 1. The molecule has 0 amide bonds. The number of pyridine rings is 2. The van der Waals surface area contributed by atoms with Crippen LogP contribution in [0.25, 0.3) is 33.3 Å². The molecule has 1 saturated carbocycles. The molecule has 1 N–H and O–H groups in total. The van der Waals surface area contributed by atoms with E-state index in [-0.39, 0.29) is 11.1 Å². The lowest BCUT2D eigenvalue weighted by atomic mass is 10.0. The molecular weight excluding hydrogens is 454 g/mol. The van der Waals surface area contributed by atoms with Crippen molar-refractivity contribution in [3.05, 3.63) is 87.0 Å². The van der Waals surface area contributed by atoms with Crippen molar-refractivity contribution in [2.24, 2.45) is 14.1 Å². The van der Waals surface area contributed by atoms with Crippen LogP contribution in [0.5, 0.6) is 11.5 Å². The third-order valence-electron chi connectivity index (χ3n) is 6.90. The van der Waals surface area contributed by atoms with Gasteiger partial charge in [-0.2, -0.15) is 5.10 Å². The summed E-state index contributed by atoms with van der Waals surface area (Å²) >= 11 is 0. The molecule has 8 nitrogen and oxygen atoms in total. The summed E-state index contributed by atoms with van der Waals surface area (Å²) in [5.41, 5.74) is 5.25. The van der Waals surface area contributed by atoms with Crippen LogP contribution in [-0.2, 0) is 14.1 Å². The summed E-state index contributed by atoms with van der Waals surface area (Å²) in [6.07, 6.45) is 9.59. The van der Waals surface area contributed by atoms with Crippen molar-refractivity contribution in [3.63, 3.8) is 0 Å². The van der Waals surface area contributed by atoms with Crippen LogP contribution < -0.4 is 15.9 Å². The average molecular weight is 482 g/mol. The van der Waals surface area contributed by atoms with Gasteiger partial charge < -0.3 is 18.9 Å². The molecule has 4 aromatic heterocycles. The van der Waals surface area contributed by atoms with Gasteiger partial charge in [-0.05, 0) is 43.9 Å². The third-order valence-corrected chi connectivity index (χ3v) is 6.90. The van der Waals surface area contributed by atoms with Crippen molar-refractivity contribution >= 4 is 10.9 Å². The zero-order valence-electron chi connectivity index (χ0n) is 20.7. The summed E-state index contributed by atoms with van der Waals surface area (Å²) in [6.45, 7) is 3.99. The molecule has 36 heavy (non-hydrogen) atoms. The summed E-state index contributed by atoms with van der Waals surface area (Å²) < 4.78 is 11.5. The van der Waals surface area contributed by atoms with Gasteiger partial charge in [0.05, 0.1) is 18.4 Å². The van der Waals surface area contributed by atoms with Crippen LogP contribution in [0.15, 0.2) is 64.7 Å². The van der Waals surface area contributed by atoms with Crippen LogP contribution in [-0.4, -0.2) is 23.9 Å². The zero-order chi connectivity index (χ0) is 25.1. The van der Waals surface area contributed by atoms with E-state index in [1.807, 2.05) is 55.2 Å². The second-order valence-electron chi connectivity index (χ2n) is 9.69. The molecule has 0 atom stereocenters. The molecule has 1 aliphatic rings. The van der Waals surface area contributed by atoms with Gasteiger partial charge in [0.1, 0.15) is 11.3 Å². The summed E-state index contributed by atoms with van der Waals surface area (Å²) in [4.78, 5) is 29.1.